The van der Waals surface area contributed by atoms with Crippen LogP contribution in [-0.2, 0) is 11.3 Å². The lowest BCUT2D eigenvalue weighted by Gasteiger charge is -2.25. The van der Waals surface area contributed by atoms with Gasteiger partial charge < -0.3 is 19.0 Å². The van der Waals surface area contributed by atoms with Gasteiger partial charge in [-0.05, 0) is 26.0 Å². The summed E-state index contributed by atoms with van der Waals surface area (Å²) in [6.45, 7) is 4.22. The Bertz CT molecular complexity index is 548. The minimum Gasteiger partial charge on any atom is -0.467 e. The maximum absolute atomic E-state index is 12.5. The summed E-state index contributed by atoms with van der Waals surface area (Å²) in [5, 5.41) is 9.14. The van der Waals surface area contributed by atoms with Gasteiger partial charge in [-0.1, -0.05) is 0 Å². The zero-order valence-electron chi connectivity index (χ0n) is 11.7. The molecule has 0 fully saturated rings. The normalized spacial score (nSPS) is 12.3. The lowest BCUT2D eigenvalue weighted by atomic mass is 10.2. The fraction of sp³-hybridized carbons (Fsp3) is 0.429. The van der Waals surface area contributed by atoms with Gasteiger partial charge in [-0.2, -0.15) is 0 Å². The van der Waals surface area contributed by atoms with Gasteiger partial charge in [0.2, 0.25) is 5.91 Å². The second-order valence-corrected chi connectivity index (χ2v) is 4.62. The molecular formula is C14H19N3O3. The number of aryl methyl sites for hydroxylation is 1. The fourth-order valence-corrected chi connectivity index (χ4v) is 2.16. The summed E-state index contributed by atoms with van der Waals surface area (Å²) in [5.41, 5.74) is 0. The van der Waals surface area contributed by atoms with Crippen molar-refractivity contribution in [2.45, 2.75) is 26.4 Å². The zero-order chi connectivity index (χ0) is 14.5. The molecule has 1 atom stereocenters. The van der Waals surface area contributed by atoms with Crippen molar-refractivity contribution in [2.75, 3.05) is 13.2 Å². The highest BCUT2D eigenvalue weighted by Gasteiger charge is 2.23. The number of amides is 1. The van der Waals surface area contributed by atoms with Crippen LogP contribution in [0.3, 0.4) is 0 Å². The minimum atomic E-state index is -0.362. The molecule has 6 nitrogen and oxygen atoms in total. The number of carbonyl (C=O) groups is 1. The molecule has 0 aromatic carbocycles. The van der Waals surface area contributed by atoms with E-state index in [4.69, 9.17) is 9.52 Å². The van der Waals surface area contributed by atoms with Crippen LogP contribution in [0.15, 0.2) is 35.2 Å². The standard InChI is InChI=1S/C14H19N3O3/c1-11(17-6-5-15-12(17)2)14(19)16(7-8-18)10-13-4-3-9-20-13/h3-6,9,11,18H,7-8,10H2,1-2H3. The highest BCUT2D eigenvalue weighted by atomic mass is 16.3. The Morgan fingerprint density at radius 1 is 1.60 bits per heavy atom. The molecule has 108 valence electrons. The van der Waals surface area contributed by atoms with Crippen molar-refractivity contribution in [3.8, 4) is 0 Å². The SMILES string of the molecule is Cc1nccn1C(C)C(=O)N(CCO)Cc1ccco1. The third-order valence-electron chi connectivity index (χ3n) is 3.25. The number of aliphatic hydroxyl groups is 1. The first-order valence-corrected chi connectivity index (χ1v) is 6.55. The van der Waals surface area contributed by atoms with E-state index in [9.17, 15) is 4.79 Å². The Morgan fingerprint density at radius 3 is 2.95 bits per heavy atom. The largest absolute Gasteiger partial charge is 0.467 e. The minimum absolute atomic E-state index is 0.0726. The molecule has 2 aromatic rings. The van der Waals surface area contributed by atoms with Gasteiger partial charge in [0, 0.05) is 18.9 Å². The summed E-state index contributed by atoms with van der Waals surface area (Å²) in [6.07, 6.45) is 5.02. The third-order valence-corrected chi connectivity index (χ3v) is 3.25. The number of nitrogens with zero attached hydrogens (tertiary/aromatic N) is 3. The van der Waals surface area contributed by atoms with Crippen molar-refractivity contribution in [1.29, 1.82) is 0 Å². The van der Waals surface area contributed by atoms with Crippen LogP contribution in [0.5, 0.6) is 0 Å². The van der Waals surface area contributed by atoms with Gasteiger partial charge in [-0.15, -0.1) is 0 Å². The molecule has 2 heterocycles. The average Bonchev–Trinajstić information content (AvgIpc) is 3.08. The molecule has 2 rings (SSSR count). The molecule has 1 unspecified atom stereocenters. The summed E-state index contributed by atoms with van der Waals surface area (Å²) in [7, 11) is 0. The molecule has 0 saturated heterocycles. The predicted octanol–water partition coefficient (Wildman–Crippen LogP) is 1.37. The van der Waals surface area contributed by atoms with Crippen LogP contribution in [-0.4, -0.2) is 38.6 Å². The number of aromatic nitrogens is 2. The van der Waals surface area contributed by atoms with Crippen LogP contribution in [0.25, 0.3) is 0 Å². The molecule has 0 aliphatic rings. The van der Waals surface area contributed by atoms with Crippen LogP contribution in [0, 0.1) is 6.92 Å². The average molecular weight is 277 g/mol. The molecular weight excluding hydrogens is 258 g/mol. The molecule has 0 spiro atoms. The maximum atomic E-state index is 12.5. The van der Waals surface area contributed by atoms with Crippen molar-refractivity contribution in [1.82, 2.24) is 14.5 Å². The summed E-state index contributed by atoms with van der Waals surface area (Å²) >= 11 is 0. The smallest absolute Gasteiger partial charge is 0.245 e. The van der Waals surface area contributed by atoms with E-state index in [-0.39, 0.29) is 25.1 Å². The highest BCUT2D eigenvalue weighted by Crippen LogP contribution is 2.15. The van der Waals surface area contributed by atoms with E-state index in [2.05, 4.69) is 4.98 Å². The van der Waals surface area contributed by atoms with E-state index in [1.165, 1.54) is 0 Å². The van der Waals surface area contributed by atoms with Crippen LogP contribution < -0.4 is 0 Å². The number of hydrogen-bond acceptors (Lipinski definition) is 4. The van der Waals surface area contributed by atoms with Crippen LogP contribution in [0.2, 0.25) is 0 Å². The zero-order valence-corrected chi connectivity index (χ0v) is 11.7. The quantitative estimate of drug-likeness (QED) is 0.865. The summed E-state index contributed by atoms with van der Waals surface area (Å²) in [4.78, 5) is 18.2. The number of rotatable bonds is 6. The van der Waals surface area contributed by atoms with E-state index < -0.39 is 0 Å². The van der Waals surface area contributed by atoms with Gasteiger partial charge in [0.25, 0.3) is 0 Å². The van der Waals surface area contributed by atoms with E-state index in [1.807, 2.05) is 24.5 Å². The molecule has 0 aliphatic carbocycles. The van der Waals surface area contributed by atoms with Gasteiger partial charge in [0.15, 0.2) is 0 Å². The molecule has 1 N–H and O–H groups in total. The van der Waals surface area contributed by atoms with E-state index in [0.717, 1.165) is 5.82 Å². The lowest BCUT2D eigenvalue weighted by Crippen LogP contribution is -2.37. The van der Waals surface area contributed by atoms with Gasteiger partial charge in [-0.25, -0.2) is 4.98 Å². The fourth-order valence-electron chi connectivity index (χ4n) is 2.16. The molecule has 6 heteroatoms. The summed E-state index contributed by atoms with van der Waals surface area (Å²) in [6, 6.07) is 3.23. The first kappa shape index (κ1) is 14.3. The highest BCUT2D eigenvalue weighted by molar-refractivity contribution is 5.80. The van der Waals surface area contributed by atoms with E-state index in [0.29, 0.717) is 12.3 Å². The van der Waals surface area contributed by atoms with Gasteiger partial charge in [0.1, 0.15) is 17.6 Å². The number of aliphatic hydroxyl groups excluding tert-OH is 1. The lowest BCUT2D eigenvalue weighted by molar-refractivity contribution is -0.135. The van der Waals surface area contributed by atoms with Crippen LogP contribution in [0.4, 0.5) is 0 Å². The van der Waals surface area contributed by atoms with Crippen molar-refractivity contribution < 1.29 is 14.3 Å². The molecule has 0 bridgehead atoms. The van der Waals surface area contributed by atoms with E-state index in [1.54, 1.807) is 29.6 Å². The maximum Gasteiger partial charge on any atom is 0.245 e. The second-order valence-electron chi connectivity index (χ2n) is 4.62. The summed E-state index contributed by atoms with van der Waals surface area (Å²) in [5.74, 6) is 1.41. The summed E-state index contributed by atoms with van der Waals surface area (Å²) < 4.78 is 7.07. The second kappa shape index (κ2) is 6.38. The van der Waals surface area contributed by atoms with E-state index >= 15 is 0 Å². The molecule has 1 amide bonds. The third kappa shape index (κ3) is 3.08. The number of furan rings is 1. The van der Waals surface area contributed by atoms with Crippen LogP contribution >= 0.6 is 0 Å². The van der Waals surface area contributed by atoms with Crippen molar-refractivity contribution in [2.24, 2.45) is 0 Å². The number of hydrogen-bond donors (Lipinski definition) is 1. The first-order valence-electron chi connectivity index (χ1n) is 6.55. The molecule has 20 heavy (non-hydrogen) atoms. The molecule has 0 radical (unpaired) electrons. The first-order chi connectivity index (χ1) is 9.63. The Labute approximate surface area is 117 Å². The van der Waals surface area contributed by atoms with Gasteiger partial charge >= 0.3 is 0 Å². The predicted molar refractivity (Wildman–Crippen MR) is 72.9 cm³/mol. The number of carbonyl (C=O) groups excluding carboxylic acids is 1. The van der Waals surface area contributed by atoms with Gasteiger partial charge in [-0.3, -0.25) is 4.79 Å². The van der Waals surface area contributed by atoms with Crippen LogP contribution in [0.1, 0.15) is 24.6 Å². The Hall–Kier alpha value is -2.08. The van der Waals surface area contributed by atoms with Crippen molar-refractivity contribution in [3.63, 3.8) is 0 Å². The van der Waals surface area contributed by atoms with Crippen molar-refractivity contribution >= 4 is 5.91 Å². The Morgan fingerprint density at radius 2 is 2.40 bits per heavy atom. The molecule has 0 aliphatic heterocycles. The Balaban J connectivity index is 2.12. The monoisotopic (exact) mass is 277 g/mol. The Kier molecular flexibility index (Phi) is 4.57. The molecule has 2 aromatic heterocycles. The topological polar surface area (TPSA) is 71.5 Å². The van der Waals surface area contributed by atoms with Crippen molar-refractivity contribution in [3.05, 3.63) is 42.4 Å². The number of imidazole rings is 1. The van der Waals surface area contributed by atoms with Gasteiger partial charge in [0.05, 0.1) is 19.4 Å². The molecule has 0 saturated carbocycles.